The number of unbranched alkanes of at least 4 members (excludes halogenated alkanes) is 26. The van der Waals surface area contributed by atoms with Gasteiger partial charge in [-0.2, -0.15) is 0 Å². The molecule has 0 fully saturated rings. The zero-order valence-electron chi connectivity index (χ0n) is 45.6. The van der Waals surface area contributed by atoms with E-state index in [1.54, 1.807) is 6.20 Å². The van der Waals surface area contributed by atoms with E-state index in [2.05, 4.69) is 40.1 Å². The summed E-state index contributed by atoms with van der Waals surface area (Å²) in [4.78, 5) is 66.6. The molecule has 2 unspecified atom stereocenters. The van der Waals surface area contributed by atoms with Crippen molar-refractivity contribution in [1.82, 2.24) is 26.3 Å². The predicted molar refractivity (Wildman–Crippen MR) is 294 cm³/mol. The largest absolute Gasteiger partial charge is 0.472 e. The van der Waals surface area contributed by atoms with Crippen molar-refractivity contribution in [2.45, 2.75) is 258 Å². The molecule has 15 heteroatoms. The lowest BCUT2D eigenvalue weighted by Gasteiger charge is -2.24. The zero-order chi connectivity index (χ0) is 52.5. The van der Waals surface area contributed by atoms with Gasteiger partial charge in [-0.25, -0.2) is 4.57 Å². The van der Waals surface area contributed by atoms with Gasteiger partial charge in [0.1, 0.15) is 12.1 Å². The Hall–Kier alpha value is -3.29. The molecular weight excluding hydrogens is 930 g/mol. The molecule has 14 nitrogen and oxygen atoms in total. The summed E-state index contributed by atoms with van der Waals surface area (Å²) in [6, 6.07) is 5.54. The van der Waals surface area contributed by atoms with Gasteiger partial charge in [0, 0.05) is 36.6 Å². The van der Waals surface area contributed by atoms with Gasteiger partial charge in [0.15, 0.2) is 0 Å². The van der Waals surface area contributed by atoms with Crippen LogP contribution in [-0.2, 0) is 39.2 Å². The van der Waals surface area contributed by atoms with Crippen LogP contribution in [-0.4, -0.2) is 83.1 Å². The van der Waals surface area contributed by atoms with Crippen molar-refractivity contribution in [3.8, 4) is 0 Å². The molecule has 0 bridgehead atoms. The number of hydrogen-bond acceptors (Lipinski definition) is 8. The summed E-state index contributed by atoms with van der Waals surface area (Å²) in [6.45, 7) is 7.26. The average molecular weight is 1030 g/mol. The molecule has 72 heavy (non-hydrogen) atoms. The molecule has 0 aliphatic rings. The van der Waals surface area contributed by atoms with Gasteiger partial charge >= 0.3 is 7.82 Å². The summed E-state index contributed by atoms with van der Waals surface area (Å²) in [5.41, 5.74) is 1.73. The number of para-hydroxylation sites is 1. The number of aliphatic hydroxyl groups is 1. The number of aromatic nitrogens is 1. The maximum absolute atomic E-state index is 13.4. The fraction of sp³-hybridized carbons (Fsp3) is 0.789. The third-order valence-electron chi connectivity index (χ3n) is 14.0. The highest BCUT2D eigenvalue weighted by Crippen LogP contribution is 2.43. The second-order valence-electron chi connectivity index (χ2n) is 20.4. The van der Waals surface area contributed by atoms with Crippen LogP contribution >= 0.6 is 7.82 Å². The molecule has 0 saturated heterocycles. The molecule has 5 atom stereocenters. The maximum Gasteiger partial charge on any atom is 0.472 e. The van der Waals surface area contributed by atoms with Gasteiger partial charge in [0.25, 0.3) is 0 Å². The number of phosphoric acid groups is 1. The predicted octanol–water partition coefficient (Wildman–Crippen LogP) is 12.6. The van der Waals surface area contributed by atoms with Crippen LogP contribution in [0.1, 0.15) is 239 Å². The maximum atomic E-state index is 13.4. The lowest BCUT2D eigenvalue weighted by Crippen LogP contribution is -2.51. The molecule has 414 valence electrons. The van der Waals surface area contributed by atoms with E-state index in [-0.39, 0.29) is 43.7 Å². The highest BCUT2D eigenvalue weighted by Gasteiger charge is 2.29. The van der Waals surface area contributed by atoms with E-state index in [1.165, 1.54) is 135 Å². The van der Waals surface area contributed by atoms with Crippen LogP contribution in [0.5, 0.6) is 0 Å². The van der Waals surface area contributed by atoms with Crippen LogP contribution in [0.25, 0.3) is 10.9 Å². The Morgan fingerprint density at radius 3 is 1.65 bits per heavy atom. The number of H-pyrrole nitrogens is 1. The molecule has 0 radical (unpaired) electrons. The minimum atomic E-state index is -4.74. The van der Waals surface area contributed by atoms with Crippen LogP contribution in [0, 0.1) is 5.92 Å². The molecule has 0 spiro atoms. The Morgan fingerprint density at radius 2 is 1.11 bits per heavy atom. The first-order valence-corrected chi connectivity index (χ1v) is 30.4. The van der Waals surface area contributed by atoms with Crippen molar-refractivity contribution in [2.75, 3.05) is 26.3 Å². The van der Waals surface area contributed by atoms with E-state index in [0.717, 1.165) is 55.0 Å². The number of benzene rings is 1. The number of rotatable bonds is 48. The molecule has 1 aromatic heterocycles. The van der Waals surface area contributed by atoms with Crippen molar-refractivity contribution in [1.29, 1.82) is 0 Å². The number of hydrogen-bond donors (Lipinski definition) is 7. The summed E-state index contributed by atoms with van der Waals surface area (Å²) in [5.74, 6) is -1.93. The van der Waals surface area contributed by atoms with E-state index in [9.17, 15) is 33.7 Å². The van der Waals surface area contributed by atoms with E-state index in [1.807, 2.05) is 38.1 Å². The normalized spacial score (nSPS) is 14.1. The van der Waals surface area contributed by atoms with E-state index in [4.69, 9.17) is 9.05 Å². The molecule has 0 aliphatic heterocycles. The van der Waals surface area contributed by atoms with Crippen molar-refractivity contribution in [3.05, 3.63) is 36.0 Å². The molecule has 1 aromatic carbocycles. The summed E-state index contributed by atoms with van der Waals surface area (Å²) >= 11 is 0. The van der Waals surface area contributed by atoms with Gasteiger partial charge in [0.05, 0.1) is 25.7 Å². The van der Waals surface area contributed by atoms with Gasteiger partial charge in [0.2, 0.25) is 23.6 Å². The fourth-order valence-corrected chi connectivity index (χ4v) is 9.90. The number of carbonyl (C=O) groups excluding carboxylic acids is 4. The van der Waals surface area contributed by atoms with Gasteiger partial charge in [-0.05, 0) is 36.8 Å². The minimum absolute atomic E-state index is 0.0822. The number of nitrogens with one attached hydrogen (secondary N) is 5. The summed E-state index contributed by atoms with van der Waals surface area (Å²) in [5, 5.41) is 22.5. The molecule has 0 aliphatic carbocycles. The smallest absolute Gasteiger partial charge is 0.393 e. The van der Waals surface area contributed by atoms with Crippen LogP contribution in [0.15, 0.2) is 30.5 Å². The second kappa shape index (κ2) is 42.0. The minimum Gasteiger partial charge on any atom is -0.393 e. The molecular formula is C57H102N5O9P. The number of amides is 4. The van der Waals surface area contributed by atoms with E-state index in [0.29, 0.717) is 25.7 Å². The third-order valence-corrected chi connectivity index (χ3v) is 15.0. The molecule has 2 aromatic rings. The fourth-order valence-electron chi connectivity index (χ4n) is 9.16. The Balaban J connectivity index is 1.79. The average Bonchev–Trinajstić information content (AvgIpc) is 3.77. The van der Waals surface area contributed by atoms with Crippen molar-refractivity contribution in [3.63, 3.8) is 0 Å². The van der Waals surface area contributed by atoms with E-state index >= 15 is 0 Å². The second-order valence-corrected chi connectivity index (χ2v) is 21.9. The summed E-state index contributed by atoms with van der Waals surface area (Å²) in [6.07, 6.45) is 37.5. The molecule has 2 rings (SSSR count). The van der Waals surface area contributed by atoms with Crippen LogP contribution < -0.4 is 21.3 Å². The lowest BCUT2D eigenvalue weighted by molar-refractivity contribution is -0.130. The van der Waals surface area contributed by atoms with E-state index < -0.39 is 51.0 Å². The van der Waals surface area contributed by atoms with Crippen LogP contribution in [0.3, 0.4) is 0 Å². The Bertz CT molecular complexity index is 1760. The summed E-state index contributed by atoms with van der Waals surface area (Å²) < 4.78 is 23.4. The quantitative estimate of drug-likeness (QED) is 0.0248. The Morgan fingerprint density at radius 1 is 0.611 bits per heavy atom. The Kier molecular flexibility index (Phi) is 37.8. The van der Waals surface area contributed by atoms with Gasteiger partial charge in [-0.3, -0.25) is 28.2 Å². The van der Waals surface area contributed by atoms with Crippen molar-refractivity contribution >= 4 is 42.4 Å². The monoisotopic (exact) mass is 1030 g/mol. The van der Waals surface area contributed by atoms with Crippen molar-refractivity contribution in [2.24, 2.45) is 5.92 Å². The highest BCUT2D eigenvalue weighted by molar-refractivity contribution is 7.47. The van der Waals surface area contributed by atoms with Gasteiger partial charge in [-0.1, -0.05) is 226 Å². The van der Waals surface area contributed by atoms with Crippen molar-refractivity contribution < 1.29 is 42.8 Å². The van der Waals surface area contributed by atoms with Gasteiger partial charge < -0.3 is 36.3 Å². The number of fused-ring (bicyclic) bond motifs is 1. The first-order valence-electron chi connectivity index (χ1n) is 28.9. The molecule has 4 amide bonds. The highest BCUT2D eigenvalue weighted by atomic mass is 31.2. The zero-order valence-corrected chi connectivity index (χ0v) is 46.5. The first-order chi connectivity index (χ1) is 34.9. The lowest BCUT2D eigenvalue weighted by atomic mass is 9.98. The molecule has 7 N–H and O–H groups in total. The molecule has 1 heterocycles. The first kappa shape index (κ1) is 64.8. The topological polar surface area (TPSA) is 208 Å². The third kappa shape index (κ3) is 32.1. The van der Waals surface area contributed by atoms with Gasteiger partial charge in [-0.15, -0.1) is 0 Å². The standard InChI is InChI=1S/C57H102N5O9P/c1-5-8-10-12-14-16-18-19-20-21-22-23-25-27-29-31-33-39-53(64)61-52(56(66)58-41-40-49(63)36-32-30-28-26-24-17-15-13-11-9-6-2)46-71-72(68,69)70-43-42-59-57(67)55(47(4)7-3)62-54(65)44-48-45-60-51-38-35-34-37-50(48)51/h34-35,37-38,45,47,49,52,55,60,63H,5-33,36,39-44,46H2,1-4H3,(H,58,66)(H,59,67)(H,61,64)(H,62,65)(H,68,69)/t47-,49?,52-,55-/m0/s1. The Labute approximate surface area is 435 Å². The number of aliphatic hydroxyl groups excluding tert-OH is 1. The van der Waals surface area contributed by atoms with Crippen LogP contribution in [0.4, 0.5) is 0 Å². The summed E-state index contributed by atoms with van der Waals surface area (Å²) in [7, 11) is -4.74. The molecule has 0 saturated carbocycles. The number of phosphoric ester groups is 1. The number of carbonyl (C=O) groups is 4. The SMILES string of the molecule is CCCCCCCCCCCCCCCCCCCC(=O)N[C@@H](COP(=O)(O)OCCNC(=O)[C@@H](NC(=O)Cc1c[nH]c2ccccc12)[C@@H](C)CC)C(=O)NCCC(O)CCCCCCCCCCCCC. The van der Waals surface area contributed by atoms with Crippen LogP contribution in [0.2, 0.25) is 0 Å². The number of aromatic amines is 1.